The highest BCUT2D eigenvalue weighted by atomic mass is 32.2. The molecule has 0 saturated heterocycles. The van der Waals surface area contributed by atoms with E-state index >= 15 is 0 Å². The third-order valence-corrected chi connectivity index (χ3v) is 4.55. The highest BCUT2D eigenvalue weighted by Gasteiger charge is 2.16. The van der Waals surface area contributed by atoms with Crippen molar-refractivity contribution < 1.29 is 13.7 Å². The summed E-state index contributed by atoms with van der Waals surface area (Å²) in [6.45, 7) is 0. The van der Waals surface area contributed by atoms with Crippen LogP contribution in [0.5, 0.6) is 11.5 Å². The van der Waals surface area contributed by atoms with Crippen LogP contribution in [0.2, 0.25) is 0 Å². The monoisotopic (exact) mass is 346 g/mol. The van der Waals surface area contributed by atoms with Crippen molar-refractivity contribution >= 4 is 23.0 Å². The molecule has 1 atom stereocenters. The normalized spacial score (nSPS) is 11.9. The predicted octanol–water partition coefficient (Wildman–Crippen LogP) is 1.48. The molecule has 0 amide bonds. The van der Waals surface area contributed by atoms with E-state index in [-0.39, 0.29) is 5.96 Å². The number of guanidine groups is 1. The van der Waals surface area contributed by atoms with Crippen LogP contribution in [-0.4, -0.2) is 30.6 Å². The SMILES string of the molecule is COc1ccc(OC)c(S(=O)c2ccccc2/C=N/N=C(N)N)c1. The number of ether oxygens (including phenoxy) is 2. The lowest BCUT2D eigenvalue weighted by Gasteiger charge is -2.11. The number of nitrogens with two attached hydrogens (primary N) is 2. The number of nitrogens with zero attached hydrogens (tertiary/aromatic N) is 2. The van der Waals surface area contributed by atoms with Crippen LogP contribution in [0.3, 0.4) is 0 Å². The third-order valence-electron chi connectivity index (χ3n) is 3.06. The number of rotatable bonds is 6. The molecule has 0 saturated carbocycles. The summed E-state index contributed by atoms with van der Waals surface area (Å²) in [4.78, 5) is 1.05. The first kappa shape index (κ1) is 17.5. The maximum Gasteiger partial charge on any atom is 0.211 e. The van der Waals surface area contributed by atoms with Crippen molar-refractivity contribution in [2.45, 2.75) is 9.79 Å². The average Bonchev–Trinajstić information content (AvgIpc) is 2.60. The van der Waals surface area contributed by atoms with Crippen LogP contribution in [-0.2, 0) is 10.8 Å². The van der Waals surface area contributed by atoms with Gasteiger partial charge in [-0.25, -0.2) is 4.21 Å². The van der Waals surface area contributed by atoms with E-state index < -0.39 is 10.8 Å². The molecule has 7 nitrogen and oxygen atoms in total. The lowest BCUT2D eigenvalue weighted by atomic mass is 10.2. The largest absolute Gasteiger partial charge is 0.497 e. The first-order valence-electron chi connectivity index (χ1n) is 6.91. The molecule has 2 aromatic rings. The van der Waals surface area contributed by atoms with E-state index in [0.29, 0.717) is 26.9 Å². The van der Waals surface area contributed by atoms with Gasteiger partial charge in [-0.2, -0.15) is 5.10 Å². The number of methoxy groups -OCH3 is 2. The third kappa shape index (κ3) is 4.11. The van der Waals surface area contributed by atoms with Gasteiger partial charge < -0.3 is 20.9 Å². The molecule has 0 aliphatic rings. The molecule has 0 radical (unpaired) electrons. The summed E-state index contributed by atoms with van der Waals surface area (Å²) in [5, 5.41) is 7.33. The molecule has 126 valence electrons. The topological polar surface area (TPSA) is 112 Å². The standard InChI is InChI=1S/C16H18N4O3S/c1-22-12-7-8-13(23-2)15(9-12)24(21)14-6-4-3-5-11(14)10-19-20-16(17)18/h3-10H,1-2H3,(H4,17,18,20)/b19-10+. The molecule has 2 aromatic carbocycles. The minimum absolute atomic E-state index is 0.153. The zero-order chi connectivity index (χ0) is 17.5. The van der Waals surface area contributed by atoms with Crippen molar-refractivity contribution in [3.05, 3.63) is 48.0 Å². The van der Waals surface area contributed by atoms with Crippen molar-refractivity contribution in [3.63, 3.8) is 0 Å². The van der Waals surface area contributed by atoms with Crippen LogP contribution in [0.25, 0.3) is 0 Å². The summed E-state index contributed by atoms with van der Waals surface area (Å²) in [6.07, 6.45) is 1.44. The smallest absolute Gasteiger partial charge is 0.211 e. The van der Waals surface area contributed by atoms with Crippen LogP contribution >= 0.6 is 0 Å². The van der Waals surface area contributed by atoms with Gasteiger partial charge in [-0.15, -0.1) is 5.10 Å². The highest BCUT2D eigenvalue weighted by Crippen LogP contribution is 2.30. The quantitative estimate of drug-likeness (QED) is 0.467. The van der Waals surface area contributed by atoms with E-state index in [0.717, 1.165) is 0 Å². The maximum absolute atomic E-state index is 13.0. The fourth-order valence-electron chi connectivity index (χ4n) is 1.96. The van der Waals surface area contributed by atoms with Gasteiger partial charge in [0.1, 0.15) is 11.5 Å². The van der Waals surface area contributed by atoms with Crippen molar-refractivity contribution in [2.75, 3.05) is 14.2 Å². The van der Waals surface area contributed by atoms with Crippen molar-refractivity contribution in [1.29, 1.82) is 0 Å². The summed E-state index contributed by atoms with van der Waals surface area (Å²) < 4.78 is 23.5. The van der Waals surface area contributed by atoms with Gasteiger partial charge in [0.05, 0.1) is 41.0 Å². The fourth-order valence-corrected chi connectivity index (χ4v) is 3.29. The number of hydrogen-bond acceptors (Lipinski definition) is 5. The van der Waals surface area contributed by atoms with Crippen LogP contribution in [0.1, 0.15) is 5.56 Å². The Hall–Kier alpha value is -2.87. The summed E-state index contributed by atoms with van der Waals surface area (Å²) in [6, 6.07) is 12.2. The molecule has 4 N–H and O–H groups in total. The maximum atomic E-state index is 13.0. The molecule has 0 fully saturated rings. The zero-order valence-electron chi connectivity index (χ0n) is 13.3. The lowest BCUT2D eigenvalue weighted by Crippen LogP contribution is -2.21. The second kappa shape index (κ2) is 8.11. The van der Waals surface area contributed by atoms with Gasteiger partial charge >= 0.3 is 0 Å². The molecule has 0 bridgehead atoms. The van der Waals surface area contributed by atoms with Crippen LogP contribution in [0.4, 0.5) is 0 Å². The Labute approximate surface area is 142 Å². The van der Waals surface area contributed by atoms with Crippen molar-refractivity contribution in [2.24, 2.45) is 21.7 Å². The molecular formula is C16H18N4O3S. The Morgan fingerprint density at radius 1 is 1.08 bits per heavy atom. The van der Waals surface area contributed by atoms with Crippen LogP contribution in [0, 0.1) is 0 Å². The van der Waals surface area contributed by atoms with E-state index in [9.17, 15) is 4.21 Å². The summed E-state index contributed by atoms with van der Waals surface area (Å²) >= 11 is 0. The minimum Gasteiger partial charge on any atom is -0.497 e. The molecule has 24 heavy (non-hydrogen) atoms. The van der Waals surface area contributed by atoms with Crippen molar-refractivity contribution in [1.82, 2.24) is 0 Å². The number of hydrogen-bond donors (Lipinski definition) is 2. The Morgan fingerprint density at radius 2 is 1.83 bits per heavy atom. The molecule has 0 aliphatic heterocycles. The van der Waals surface area contributed by atoms with Crippen LogP contribution < -0.4 is 20.9 Å². The van der Waals surface area contributed by atoms with Crippen LogP contribution in [0.15, 0.2) is 62.5 Å². The van der Waals surface area contributed by atoms with Gasteiger partial charge in [-0.3, -0.25) is 0 Å². The molecular weight excluding hydrogens is 328 g/mol. The summed E-state index contributed by atoms with van der Waals surface area (Å²) in [5.41, 5.74) is 11.1. The second-order valence-electron chi connectivity index (χ2n) is 4.59. The predicted molar refractivity (Wildman–Crippen MR) is 94.1 cm³/mol. The molecule has 8 heteroatoms. The molecule has 0 aliphatic carbocycles. The fraction of sp³-hybridized carbons (Fsp3) is 0.125. The molecule has 2 rings (SSSR count). The van der Waals surface area contributed by atoms with Gasteiger partial charge in [0.15, 0.2) is 0 Å². The Balaban J connectivity index is 2.47. The van der Waals surface area contributed by atoms with Gasteiger partial charge in [0.25, 0.3) is 0 Å². The first-order chi connectivity index (χ1) is 11.6. The van der Waals surface area contributed by atoms with Gasteiger partial charge in [-0.05, 0) is 18.2 Å². The first-order valence-corrected chi connectivity index (χ1v) is 8.06. The minimum atomic E-state index is -1.50. The molecule has 1 unspecified atom stereocenters. The Kier molecular flexibility index (Phi) is 5.91. The zero-order valence-corrected chi connectivity index (χ0v) is 14.1. The van der Waals surface area contributed by atoms with Crippen molar-refractivity contribution in [3.8, 4) is 11.5 Å². The van der Waals surface area contributed by atoms with Gasteiger partial charge in [-0.1, -0.05) is 18.2 Å². The van der Waals surface area contributed by atoms with E-state index in [2.05, 4.69) is 10.2 Å². The molecule has 0 heterocycles. The Morgan fingerprint density at radius 3 is 2.50 bits per heavy atom. The molecule has 0 aromatic heterocycles. The van der Waals surface area contributed by atoms with E-state index in [1.54, 1.807) is 49.6 Å². The summed E-state index contributed by atoms with van der Waals surface area (Å²) in [7, 11) is 1.57. The number of benzene rings is 2. The van der Waals surface area contributed by atoms with E-state index in [4.69, 9.17) is 20.9 Å². The molecule has 0 spiro atoms. The lowest BCUT2D eigenvalue weighted by molar-refractivity contribution is 0.393. The Bertz CT molecular complexity index is 802. The average molecular weight is 346 g/mol. The van der Waals surface area contributed by atoms with Gasteiger partial charge in [0.2, 0.25) is 5.96 Å². The second-order valence-corrected chi connectivity index (χ2v) is 6.01. The van der Waals surface area contributed by atoms with E-state index in [1.165, 1.54) is 13.3 Å². The van der Waals surface area contributed by atoms with E-state index in [1.807, 2.05) is 0 Å². The highest BCUT2D eigenvalue weighted by molar-refractivity contribution is 7.85. The van der Waals surface area contributed by atoms with Gasteiger partial charge in [0, 0.05) is 11.6 Å². The summed E-state index contributed by atoms with van der Waals surface area (Å²) in [5.74, 6) is 0.940.